The minimum atomic E-state index is -1.06. The van der Waals surface area contributed by atoms with Gasteiger partial charge in [-0.3, -0.25) is 0 Å². The molecule has 0 amide bonds. The summed E-state index contributed by atoms with van der Waals surface area (Å²) in [6.45, 7) is 0. The number of carbonyl (C=O) groups is 1. The lowest BCUT2D eigenvalue weighted by atomic mass is 10.1. The quantitative estimate of drug-likeness (QED) is 0.853. The van der Waals surface area contributed by atoms with E-state index in [0.717, 1.165) is 8.68 Å². The van der Waals surface area contributed by atoms with Crippen LogP contribution in [0.4, 0.5) is 4.39 Å². The molecule has 4 nitrogen and oxygen atoms in total. The smallest absolute Gasteiger partial charge is 0.335 e. The van der Waals surface area contributed by atoms with Gasteiger partial charge in [0, 0.05) is 5.75 Å². The van der Waals surface area contributed by atoms with Crippen LogP contribution in [0, 0.1) is 5.82 Å². The Kier molecular flexibility index (Phi) is 4.78. The molecule has 0 aliphatic rings. The number of aromatic nitrogens is 2. The molecule has 0 bridgehead atoms. The monoisotopic (exact) mass is 316 g/mol. The minimum absolute atomic E-state index is 0.0825. The molecule has 19 heavy (non-hydrogen) atoms. The second-order valence-electron chi connectivity index (χ2n) is 3.44. The molecular weight excluding hydrogens is 307 g/mol. The fourth-order valence-corrected chi connectivity index (χ4v) is 3.71. The van der Waals surface area contributed by atoms with Crippen molar-refractivity contribution in [1.29, 1.82) is 0 Å². The Bertz CT molecular complexity index is 603. The fourth-order valence-electron chi connectivity index (χ4n) is 1.30. The van der Waals surface area contributed by atoms with Gasteiger partial charge in [0.15, 0.2) is 8.68 Å². The second-order valence-corrected chi connectivity index (χ2v) is 6.69. The summed E-state index contributed by atoms with van der Waals surface area (Å²) in [6, 6.07) is 3.77. The average molecular weight is 316 g/mol. The van der Waals surface area contributed by atoms with Crippen LogP contribution in [0.2, 0.25) is 0 Å². The first-order valence-corrected chi connectivity index (χ1v) is 8.15. The van der Waals surface area contributed by atoms with Crippen molar-refractivity contribution in [2.45, 2.75) is 14.4 Å². The highest BCUT2D eigenvalue weighted by Gasteiger charge is 2.10. The molecule has 0 aliphatic heterocycles. The van der Waals surface area contributed by atoms with Crippen molar-refractivity contribution in [2.24, 2.45) is 0 Å². The maximum atomic E-state index is 13.6. The maximum absolute atomic E-state index is 13.6. The third kappa shape index (κ3) is 3.68. The lowest BCUT2D eigenvalue weighted by Crippen LogP contribution is -1.99. The Balaban J connectivity index is 2.10. The second kappa shape index (κ2) is 6.36. The largest absolute Gasteiger partial charge is 0.478 e. The first-order valence-electron chi connectivity index (χ1n) is 5.12. The third-order valence-corrected chi connectivity index (χ3v) is 5.29. The molecule has 0 aliphatic carbocycles. The average Bonchev–Trinajstić information content (AvgIpc) is 2.85. The molecule has 0 unspecified atom stereocenters. The van der Waals surface area contributed by atoms with Gasteiger partial charge in [0.25, 0.3) is 0 Å². The van der Waals surface area contributed by atoms with Gasteiger partial charge in [-0.25, -0.2) is 9.18 Å². The van der Waals surface area contributed by atoms with E-state index in [-0.39, 0.29) is 5.56 Å². The molecule has 0 saturated carbocycles. The van der Waals surface area contributed by atoms with Crippen molar-refractivity contribution in [2.75, 3.05) is 6.26 Å². The topological polar surface area (TPSA) is 63.1 Å². The molecule has 1 heterocycles. The molecule has 1 aromatic carbocycles. The van der Waals surface area contributed by atoms with Gasteiger partial charge in [-0.1, -0.05) is 34.9 Å². The van der Waals surface area contributed by atoms with Crippen LogP contribution in [-0.4, -0.2) is 27.5 Å². The van der Waals surface area contributed by atoms with Gasteiger partial charge < -0.3 is 5.11 Å². The highest BCUT2D eigenvalue weighted by molar-refractivity contribution is 8.02. The Morgan fingerprint density at radius 3 is 2.79 bits per heavy atom. The van der Waals surface area contributed by atoms with E-state index in [1.54, 1.807) is 0 Å². The number of rotatable bonds is 5. The standard InChI is InChI=1S/C11H9FN2O2S3/c1-17-10-13-14-11(19-10)18-5-7-4-6(9(15)16)2-3-8(7)12/h2-4H,5H2,1H3,(H,15,16). The summed E-state index contributed by atoms with van der Waals surface area (Å²) < 4.78 is 15.2. The van der Waals surface area contributed by atoms with Gasteiger partial charge in [-0.15, -0.1) is 10.2 Å². The van der Waals surface area contributed by atoms with Crippen LogP contribution in [0.15, 0.2) is 26.9 Å². The van der Waals surface area contributed by atoms with Gasteiger partial charge in [0.05, 0.1) is 5.56 Å². The van der Waals surface area contributed by atoms with Gasteiger partial charge in [0.2, 0.25) is 0 Å². The summed E-state index contributed by atoms with van der Waals surface area (Å²) in [6.07, 6.45) is 1.91. The Hall–Kier alpha value is -1.12. The van der Waals surface area contributed by atoms with Gasteiger partial charge >= 0.3 is 5.97 Å². The molecule has 1 N–H and O–H groups in total. The summed E-state index contributed by atoms with van der Waals surface area (Å²) in [7, 11) is 0. The van der Waals surface area contributed by atoms with Gasteiger partial charge in [-0.2, -0.15) is 0 Å². The summed E-state index contributed by atoms with van der Waals surface area (Å²) in [5.41, 5.74) is 0.435. The number of nitrogens with zero attached hydrogens (tertiary/aromatic N) is 2. The number of thioether (sulfide) groups is 2. The summed E-state index contributed by atoms with van der Waals surface area (Å²) in [5, 5.41) is 16.8. The molecule has 0 radical (unpaired) electrons. The number of hydrogen-bond donors (Lipinski definition) is 1. The van der Waals surface area contributed by atoms with E-state index in [4.69, 9.17) is 5.11 Å². The van der Waals surface area contributed by atoms with E-state index in [2.05, 4.69) is 10.2 Å². The van der Waals surface area contributed by atoms with Crippen molar-refractivity contribution in [3.63, 3.8) is 0 Å². The number of halogens is 1. The van der Waals surface area contributed by atoms with Crippen LogP contribution in [0.25, 0.3) is 0 Å². The van der Waals surface area contributed by atoms with E-state index >= 15 is 0 Å². The van der Waals surface area contributed by atoms with Crippen LogP contribution >= 0.6 is 34.9 Å². The number of aromatic carboxylic acids is 1. The molecule has 100 valence electrons. The predicted octanol–water partition coefficient (Wildman–Crippen LogP) is 3.39. The minimum Gasteiger partial charge on any atom is -0.478 e. The normalized spacial score (nSPS) is 10.6. The van der Waals surface area contributed by atoms with E-state index in [1.165, 1.54) is 53.1 Å². The molecule has 0 saturated heterocycles. The Morgan fingerprint density at radius 1 is 1.42 bits per heavy atom. The van der Waals surface area contributed by atoms with Gasteiger partial charge in [-0.05, 0) is 30.0 Å². The van der Waals surface area contributed by atoms with E-state index in [9.17, 15) is 9.18 Å². The van der Waals surface area contributed by atoms with Crippen LogP contribution in [0.3, 0.4) is 0 Å². The summed E-state index contributed by atoms with van der Waals surface area (Å²) in [5.74, 6) is -1.14. The zero-order chi connectivity index (χ0) is 13.8. The zero-order valence-corrected chi connectivity index (χ0v) is 12.2. The first-order chi connectivity index (χ1) is 9.10. The van der Waals surface area contributed by atoms with E-state index in [0.29, 0.717) is 11.3 Å². The molecule has 2 aromatic rings. The van der Waals surface area contributed by atoms with Crippen molar-refractivity contribution < 1.29 is 14.3 Å². The molecular formula is C11H9FN2O2S3. The maximum Gasteiger partial charge on any atom is 0.335 e. The number of hydrogen-bond acceptors (Lipinski definition) is 6. The molecule has 0 fully saturated rings. The molecule has 1 aromatic heterocycles. The zero-order valence-electron chi connectivity index (χ0n) is 9.79. The molecule has 0 spiro atoms. The van der Waals surface area contributed by atoms with Crippen molar-refractivity contribution in [1.82, 2.24) is 10.2 Å². The van der Waals surface area contributed by atoms with Crippen molar-refractivity contribution >= 4 is 40.8 Å². The molecule has 8 heteroatoms. The van der Waals surface area contributed by atoms with Crippen LogP contribution < -0.4 is 0 Å². The van der Waals surface area contributed by atoms with Crippen molar-refractivity contribution in [3.05, 3.63) is 35.1 Å². The summed E-state index contributed by atoms with van der Waals surface area (Å²) >= 11 is 4.28. The van der Waals surface area contributed by atoms with Crippen LogP contribution in [0.5, 0.6) is 0 Å². The van der Waals surface area contributed by atoms with Crippen LogP contribution in [0.1, 0.15) is 15.9 Å². The lowest BCUT2D eigenvalue weighted by Gasteiger charge is -2.02. The third-order valence-electron chi connectivity index (χ3n) is 2.21. The number of carboxylic acids is 1. The number of benzene rings is 1. The Labute approximate surface area is 121 Å². The van der Waals surface area contributed by atoms with Crippen LogP contribution in [-0.2, 0) is 5.75 Å². The lowest BCUT2D eigenvalue weighted by molar-refractivity contribution is 0.0696. The molecule has 0 atom stereocenters. The first kappa shape index (κ1) is 14.3. The highest BCUT2D eigenvalue weighted by atomic mass is 32.2. The molecule has 2 rings (SSSR count). The summed E-state index contributed by atoms with van der Waals surface area (Å²) in [4.78, 5) is 10.8. The predicted molar refractivity (Wildman–Crippen MR) is 74.6 cm³/mol. The SMILES string of the molecule is CSc1nnc(SCc2cc(C(=O)O)ccc2F)s1. The fraction of sp³-hybridized carbons (Fsp3) is 0.182. The van der Waals surface area contributed by atoms with Crippen molar-refractivity contribution in [3.8, 4) is 0 Å². The van der Waals surface area contributed by atoms with Gasteiger partial charge in [0.1, 0.15) is 5.82 Å². The number of carboxylic acid groups (broad SMARTS) is 1. The van der Waals surface area contributed by atoms with E-state index < -0.39 is 11.8 Å². The highest BCUT2D eigenvalue weighted by Crippen LogP contribution is 2.30. The van der Waals surface area contributed by atoms with E-state index in [1.807, 2.05) is 6.26 Å². The Morgan fingerprint density at radius 2 is 2.16 bits per heavy atom.